The van der Waals surface area contributed by atoms with Crippen LogP contribution in [0, 0.1) is 23.5 Å². The van der Waals surface area contributed by atoms with Crippen LogP contribution in [-0.4, -0.2) is 68.7 Å². The van der Waals surface area contributed by atoms with Crippen molar-refractivity contribution >= 4 is 69.0 Å². The summed E-state index contributed by atoms with van der Waals surface area (Å²) in [5.74, 6) is 2.94. The van der Waals surface area contributed by atoms with E-state index >= 15 is 0 Å². The number of pyridine rings is 1. The molecule has 1 saturated carbocycles. The maximum atomic E-state index is 14.3. The minimum Gasteiger partial charge on any atom is -0.322 e. The summed E-state index contributed by atoms with van der Waals surface area (Å²) in [7, 11) is -13.2. The summed E-state index contributed by atoms with van der Waals surface area (Å²) in [6.07, 6.45) is -3.21. The maximum absolute atomic E-state index is 14.3. The van der Waals surface area contributed by atoms with Gasteiger partial charge in [0.2, 0.25) is 20.0 Å². The number of sulfone groups is 1. The smallest absolute Gasteiger partial charge is 0.322 e. The topological polar surface area (TPSA) is 162 Å². The van der Waals surface area contributed by atoms with Crippen LogP contribution in [0.2, 0.25) is 5.02 Å². The maximum Gasteiger partial charge on any atom is 0.408 e. The Hall–Kier alpha value is -4.35. The minimum atomic E-state index is -4.98. The lowest BCUT2D eigenvalue weighted by Gasteiger charge is -2.21. The van der Waals surface area contributed by atoms with Crippen LogP contribution in [-0.2, 0) is 42.8 Å². The first kappa shape index (κ1) is 41.3. The molecular formula is C36H33ClF5N5O6S3. The summed E-state index contributed by atoms with van der Waals surface area (Å²) in [4.78, 5) is 4.75. The third-order valence-corrected chi connectivity index (χ3v) is 15.4. The molecule has 298 valence electrons. The molecule has 2 aromatic heterocycles. The number of fused-ring (bicyclic) bond motifs is 2. The average molecular weight is 858 g/mol. The van der Waals surface area contributed by atoms with E-state index in [-0.39, 0.29) is 48.6 Å². The van der Waals surface area contributed by atoms with Crippen molar-refractivity contribution < 1.29 is 47.2 Å². The Morgan fingerprint density at radius 3 is 2.09 bits per heavy atom. The van der Waals surface area contributed by atoms with Gasteiger partial charge in [-0.3, -0.25) is 4.68 Å². The highest BCUT2D eigenvalue weighted by Crippen LogP contribution is 2.45. The SMILES string of the molecule is CC(C)(C#Cc1nc([C@@H](N)Cc2cc(F)cc(F)c2)c(-c2ccc(Cl)c3c(N(S(C)(=O)=O)S(C)(=O)=O)nn(CC(F)(F)F)c23)c2ccccc12)S(=O)(=O)C1CC1. The first-order chi connectivity index (χ1) is 25.8. The van der Waals surface area contributed by atoms with Crippen molar-refractivity contribution in [2.24, 2.45) is 5.73 Å². The number of nitrogens with zero attached hydrogens (tertiary/aromatic N) is 4. The molecule has 2 heterocycles. The van der Waals surface area contributed by atoms with E-state index in [9.17, 15) is 47.2 Å². The number of anilines is 1. The van der Waals surface area contributed by atoms with E-state index in [0.29, 0.717) is 41.5 Å². The van der Waals surface area contributed by atoms with Crippen LogP contribution in [0.4, 0.5) is 27.8 Å². The summed E-state index contributed by atoms with van der Waals surface area (Å²) < 4.78 is 148. The summed E-state index contributed by atoms with van der Waals surface area (Å²) in [6.45, 7) is 1.08. The number of nitrogens with two attached hydrogens (primary N) is 1. The van der Waals surface area contributed by atoms with Crippen LogP contribution in [0.5, 0.6) is 0 Å². The highest BCUT2D eigenvalue weighted by Gasteiger charge is 2.45. The van der Waals surface area contributed by atoms with Crippen molar-refractivity contribution in [2.75, 3.05) is 16.2 Å². The third-order valence-electron chi connectivity index (χ3n) is 9.02. The summed E-state index contributed by atoms with van der Waals surface area (Å²) in [5.41, 5.74) is 6.28. The van der Waals surface area contributed by atoms with Gasteiger partial charge in [-0.25, -0.2) is 39.0 Å². The Morgan fingerprint density at radius 2 is 1.54 bits per heavy atom. The number of sulfonamides is 2. The van der Waals surface area contributed by atoms with Gasteiger partial charge in [-0.2, -0.15) is 18.3 Å². The number of benzene rings is 3. The molecule has 1 atom stereocenters. The summed E-state index contributed by atoms with van der Waals surface area (Å²) in [6, 6.07) is 10.3. The van der Waals surface area contributed by atoms with Gasteiger partial charge in [0.15, 0.2) is 15.7 Å². The molecule has 0 spiro atoms. The van der Waals surface area contributed by atoms with E-state index in [1.54, 1.807) is 24.3 Å². The normalized spacial score (nSPS) is 14.8. The van der Waals surface area contributed by atoms with Gasteiger partial charge in [-0.15, -0.1) is 3.71 Å². The molecule has 20 heteroatoms. The molecule has 0 saturated heterocycles. The summed E-state index contributed by atoms with van der Waals surface area (Å²) >= 11 is 6.55. The monoisotopic (exact) mass is 857 g/mol. The van der Waals surface area contributed by atoms with Crippen LogP contribution in [0.1, 0.15) is 49.7 Å². The van der Waals surface area contributed by atoms with Gasteiger partial charge in [0.25, 0.3) is 0 Å². The van der Waals surface area contributed by atoms with Crippen molar-refractivity contribution in [3.63, 3.8) is 0 Å². The van der Waals surface area contributed by atoms with E-state index in [4.69, 9.17) is 22.3 Å². The molecule has 1 fully saturated rings. The van der Waals surface area contributed by atoms with Gasteiger partial charge in [0, 0.05) is 22.6 Å². The van der Waals surface area contributed by atoms with Crippen LogP contribution >= 0.6 is 11.6 Å². The zero-order chi connectivity index (χ0) is 41.3. The van der Waals surface area contributed by atoms with Gasteiger partial charge >= 0.3 is 6.18 Å². The zero-order valence-corrected chi connectivity index (χ0v) is 33.2. The van der Waals surface area contributed by atoms with E-state index in [0.717, 1.165) is 12.1 Å². The highest BCUT2D eigenvalue weighted by atomic mass is 35.5. The zero-order valence-electron chi connectivity index (χ0n) is 30.0. The number of halogens is 6. The molecule has 0 unspecified atom stereocenters. The molecule has 3 aromatic carbocycles. The molecule has 0 bridgehead atoms. The highest BCUT2D eigenvalue weighted by molar-refractivity contribution is 8.09. The lowest BCUT2D eigenvalue weighted by molar-refractivity contribution is -0.141. The van der Waals surface area contributed by atoms with Crippen molar-refractivity contribution in [2.45, 2.75) is 61.9 Å². The molecule has 56 heavy (non-hydrogen) atoms. The molecule has 5 aromatic rings. The standard InChI is InChI=1S/C36H33ClF5N5O6S3/c1-35(2,56(52,53)23-9-10-23)14-13-29-24-7-5-6-8-25(24)30(32(44-29)28(43)17-20-15-21(38)18-22(39)16-20)26-11-12-27(37)31-33(26)46(19-36(40,41)42)45-34(31)47(54(3,48)49)55(4,50)51/h5-8,11-12,15-16,18,23,28H,9-10,17,19,43H2,1-4H3/t28-/m0/s1. The molecule has 1 aliphatic rings. The van der Waals surface area contributed by atoms with Gasteiger partial charge in [0.1, 0.15) is 28.6 Å². The van der Waals surface area contributed by atoms with Crippen molar-refractivity contribution in [1.82, 2.24) is 14.8 Å². The predicted octanol–water partition coefficient (Wildman–Crippen LogP) is 6.42. The van der Waals surface area contributed by atoms with E-state index < -0.39 is 87.0 Å². The molecular weight excluding hydrogens is 825 g/mol. The molecule has 2 N–H and O–H groups in total. The second-order valence-electron chi connectivity index (χ2n) is 14.0. The molecule has 1 aliphatic carbocycles. The molecule has 6 rings (SSSR count). The van der Waals surface area contributed by atoms with Gasteiger partial charge in [-0.1, -0.05) is 47.9 Å². The van der Waals surface area contributed by atoms with Crippen molar-refractivity contribution in [1.29, 1.82) is 0 Å². The first-order valence-electron chi connectivity index (χ1n) is 16.7. The second-order valence-corrected chi connectivity index (χ2v) is 21.1. The number of hydrogen-bond donors (Lipinski definition) is 1. The Morgan fingerprint density at radius 1 is 0.946 bits per heavy atom. The van der Waals surface area contributed by atoms with E-state index in [2.05, 4.69) is 16.9 Å². The van der Waals surface area contributed by atoms with Crippen LogP contribution in [0.3, 0.4) is 0 Å². The van der Waals surface area contributed by atoms with Gasteiger partial charge in [-0.05, 0) is 68.2 Å². The first-order valence-corrected chi connectivity index (χ1v) is 22.3. The van der Waals surface area contributed by atoms with Gasteiger partial charge < -0.3 is 5.73 Å². The number of alkyl halides is 3. The Bertz CT molecular complexity index is 2780. The number of aromatic nitrogens is 3. The molecule has 0 radical (unpaired) electrons. The Labute approximate surface area is 324 Å². The van der Waals surface area contributed by atoms with Crippen LogP contribution in [0.25, 0.3) is 32.8 Å². The fourth-order valence-corrected chi connectivity index (χ4v) is 11.4. The quantitative estimate of drug-likeness (QED) is 0.123. The number of hydrogen-bond acceptors (Lipinski definition) is 9. The molecule has 11 nitrogen and oxygen atoms in total. The number of rotatable bonds is 10. The Balaban J connectivity index is 1.74. The van der Waals surface area contributed by atoms with Crippen molar-refractivity contribution in [3.8, 4) is 23.0 Å². The fraction of sp³-hybridized carbons (Fsp3) is 0.333. The summed E-state index contributed by atoms with van der Waals surface area (Å²) in [5, 5.41) is 3.05. The largest absolute Gasteiger partial charge is 0.408 e. The molecule has 0 amide bonds. The van der Waals surface area contributed by atoms with Crippen molar-refractivity contribution in [3.05, 3.63) is 88.2 Å². The van der Waals surface area contributed by atoms with E-state index in [1.807, 2.05) is 0 Å². The van der Waals surface area contributed by atoms with Crippen LogP contribution < -0.4 is 9.44 Å². The Kier molecular flexibility index (Phi) is 10.5. The predicted molar refractivity (Wildman–Crippen MR) is 204 cm³/mol. The lowest BCUT2D eigenvalue weighted by Crippen LogP contribution is -2.36. The second kappa shape index (κ2) is 14.2. The van der Waals surface area contributed by atoms with E-state index in [1.165, 1.54) is 26.0 Å². The lowest BCUT2D eigenvalue weighted by atomic mass is 9.90. The minimum absolute atomic E-state index is 0.0225. The van der Waals surface area contributed by atoms with Crippen LogP contribution in [0.15, 0.2) is 54.6 Å². The third kappa shape index (κ3) is 8.07. The fourth-order valence-electron chi connectivity index (χ4n) is 6.52. The van der Waals surface area contributed by atoms with Gasteiger partial charge in [0.05, 0.1) is 45.4 Å². The average Bonchev–Trinajstić information content (AvgIpc) is 3.85. The molecule has 0 aliphatic heterocycles.